The van der Waals surface area contributed by atoms with Crippen LogP contribution in [0.4, 0.5) is 5.69 Å². The minimum Gasteiger partial charge on any atom is -0.478 e. The van der Waals surface area contributed by atoms with Gasteiger partial charge >= 0.3 is 0 Å². The Kier molecular flexibility index (Phi) is 4.24. The number of carbonyl (C=O) groups is 2. The van der Waals surface area contributed by atoms with E-state index in [1.807, 2.05) is 14.0 Å². The quantitative estimate of drug-likeness (QED) is 0.758. The first kappa shape index (κ1) is 14.3. The van der Waals surface area contributed by atoms with Gasteiger partial charge in [0.25, 0.3) is 11.8 Å². The number of nitrogens with one attached hydrogen (secondary N) is 3. The lowest BCUT2D eigenvalue weighted by atomic mass is 10.1. The van der Waals surface area contributed by atoms with Gasteiger partial charge in [0.15, 0.2) is 11.9 Å². The van der Waals surface area contributed by atoms with E-state index in [1.165, 1.54) is 0 Å². The molecule has 20 heavy (non-hydrogen) atoms. The van der Waals surface area contributed by atoms with Crippen molar-refractivity contribution in [3.8, 4) is 5.75 Å². The molecule has 0 aromatic heterocycles. The third-order valence-electron chi connectivity index (χ3n) is 3.24. The minimum atomic E-state index is -0.604. The molecule has 1 heterocycles. The van der Waals surface area contributed by atoms with Crippen LogP contribution in [0.2, 0.25) is 0 Å². The molecule has 1 aromatic rings. The molecule has 2 atom stereocenters. The van der Waals surface area contributed by atoms with Crippen molar-refractivity contribution in [3.63, 3.8) is 0 Å². The summed E-state index contributed by atoms with van der Waals surface area (Å²) in [5.74, 6) is 0.000345. The highest BCUT2D eigenvalue weighted by molar-refractivity contribution is 6.03. The second-order valence-electron chi connectivity index (χ2n) is 4.83. The maximum Gasteiger partial charge on any atom is 0.265 e. The number of amides is 2. The summed E-state index contributed by atoms with van der Waals surface area (Å²) >= 11 is 0. The number of benzene rings is 1. The van der Waals surface area contributed by atoms with Crippen molar-refractivity contribution in [2.24, 2.45) is 0 Å². The van der Waals surface area contributed by atoms with Gasteiger partial charge in [0.2, 0.25) is 0 Å². The Morgan fingerprint density at radius 2 is 2.25 bits per heavy atom. The van der Waals surface area contributed by atoms with Crippen molar-refractivity contribution in [2.75, 3.05) is 18.9 Å². The van der Waals surface area contributed by atoms with Gasteiger partial charge in [-0.2, -0.15) is 0 Å². The Balaban J connectivity index is 2.19. The fourth-order valence-electron chi connectivity index (χ4n) is 1.85. The molecule has 1 aliphatic rings. The molecule has 0 bridgehead atoms. The number of ether oxygens (including phenoxy) is 1. The van der Waals surface area contributed by atoms with Gasteiger partial charge in [-0.15, -0.1) is 0 Å². The summed E-state index contributed by atoms with van der Waals surface area (Å²) in [6, 6.07) is 5.29. The molecule has 0 aliphatic carbocycles. The number of para-hydroxylation sites is 1. The molecule has 0 radical (unpaired) electrons. The van der Waals surface area contributed by atoms with Crippen molar-refractivity contribution in [1.29, 1.82) is 0 Å². The normalized spacial score (nSPS) is 18.6. The Labute approximate surface area is 117 Å². The van der Waals surface area contributed by atoms with Crippen LogP contribution in [-0.2, 0) is 4.79 Å². The first-order chi connectivity index (χ1) is 9.52. The molecule has 0 fully saturated rings. The van der Waals surface area contributed by atoms with Crippen LogP contribution < -0.4 is 20.7 Å². The molecular formula is C14H19N3O3. The second kappa shape index (κ2) is 5.92. The Bertz CT molecular complexity index is 530. The van der Waals surface area contributed by atoms with E-state index < -0.39 is 6.10 Å². The molecule has 6 nitrogen and oxygen atoms in total. The smallest absolute Gasteiger partial charge is 0.265 e. The predicted octanol–water partition coefficient (Wildman–Crippen LogP) is 0.744. The number of fused-ring (bicyclic) bond motifs is 1. The van der Waals surface area contributed by atoms with Gasteiger partial charge in [-0.3, -0.25) is 9.59 Å². The van der Waals surface area contributed by atoms with Gasteiger partial charge in [-0.05, 0) is 33.0 Å². The summed E-state index contributed by atoms with van der Waals surface area (Å²) in [5, 5.41) is 8.60. The Morgan fingerprint density at radius 1 is 1.50 bits per heavy atom. The highest BCUT2D eigenvalue weighted by atomic mass is 16.5. The summed E-state index contributed by atoms with van der Waals surface area (Å²) in [6.45, 7) is 4.14. The lowest BCUT2D eigenvalue weighted by Gasteiger charge is -2.25. The average molecular weight is 277 g/mol. The van der Waals surface area contributed by atoms with Crippen LogP contribution in [0, 0.1) is 0 Å². The Morgan fingerprint density at radius 3 is 2.95 bits per heavy atom. The maximum atomic E-state index is 12.2. The van der Waals surface area contributed by atoms with E-state index in [0.29, 0.717) is 23.5 Å². The van der Waals surface area contributed by atoms with Gasteiger partial charge < -0.3 is 20.7 Å². The highest BCUT2D eigenvalue weighted by Crippen LogP contribution is 2.33. The molecule has 108 valence electrons. The molecule has 1 aromatic carbocycles. The first-order valence-corrected chi connectivity index (χ1v) is 6.59. The number of anilines is 1. The summed E-state index contributed by atoms with van der Waals surface area (Å²) in [6.07, 6.45) is -0.604. The van der Waals surface area contributed by atoms with Crippen LogP contribution >= 0.6 is 0 Å². The van der Waals surface area contributed by atoms with Gasteiger partial charge in [-0.1, -0.05) is 6.07 Å². The molecule has 2 amide bonds. The largest absolute Gasteiger partial charge is 0.478 e. The third-order valence-corrected chi connectivity index (χ3v) is 3.24. The topological polar surface area (TPSA) is 79.5 Å². The van der Waals surface area contributed by atoms with E-state index in [-0.39, 0.29) is 17.9 Å². The molecular weight excluding hydrogens is 258 g/mol. The van der Waals surface area contributed by atoms with Gasteiger partial charge in [0.1, 0.15) is 0 Å². The van der Waals surface area contributed by atoms with Crippen LogP contribution in [-0.4, -0.2) is 37.6 Å². The molecule has 1 aliphatic heterocycles. The lowest BCUT2D eigenvalue weighted by Crippen LogP contribution is -2.38. The SMILES string of the molecule is CNC(C)CNC(=O)c1cccc2c1OC(C)C(=O)N2. The van der Waals surface area contributed by atoms with E-state index >= 15 is 0 Å². The van der Waals surface area contributed by atoms with E-state index in [1.54, 1.807) is 25.1 Å². The van der Waals surface area contributed by atoms with Crippen LogP contribution in [0.15, 0.2) is 18.2 Å². The zero-order chi connectivity index (χ0) is 14.7. The average Bonchev–Trinajstić information content (AvgIpc) is 2.45. The number of rotatable bonds is 4. The van der Waals surface area contributed by atoms with Gasteiger partial charge in [0, 0.05) is 12.6 Å². The fourth-order valence-corrected chi connectivity index (χ4v) is 1.85. The van der Waals surface area contributed by atoms with Crippen LogP contribution in [0.25, 0.3) is 0 Å². The van der Waals surface area contributed by atoms with E-state index in [2.05, 4.69) is 16.0 Å². The van der Waals surface area contributed by atoms with E-state index in [9.17, 15) is 9.59 Å². The molecule has 2 unspecified atom stereocenters. The van der Waals surface area contributed by atoms with Crippen molar-refractivity contribution in [1.82, 2.24) is 10.6 Å². The number of carbonyl (C=O) groups excluding carboxylic acids is 2. The zero-order valence-corrected chi connectivity index (χ0v) is 11.8. The molecule has 0 saturated carbocycles. The van der Waals surface area contributed by atoms with Crippen molar-refractivity contribution in [3.05, 3.63) is 23.8 Å². The molecule has 2 rings (SSSR count). The second-order valence-corrected chi connectivity index (χ2v) is 4.83. The third kappa shape index (κ3) is 2.91. The molecule has 3 N–H and O–H groups in total. The van der Waals surface area contributed by atoms with E-state index in [4.69, 9.17) is 4.74 Å². The summed E-state index contributed by atoms with van der Waals surface area (Å²) in [5.41, 5.74) is 0.958. The van der Waals surface area contributed by atoms with Crippen molar-refractivity contribution < 1.29 is 14.3 Å². The summed E-state index contributed by atoms with van der Waals surface area (Å²) in [7, 11) is 1.83. The maximum absolute atomic E-state index is 12.2. The van der Waals surface area contributed by atoms with Crippen molar-refractivity contribution >= 4 is 17.5 Å². The molecule has 6 heteroatoms. The van der Waals surface area contributed by atoms with Gasteiger partial charge in [0.05, 0.1) is 11.3 Å². The lowest BCUT2D eigenvalue weighted by molar-refractivity contribution is -0.122. The molecule has 0 spiro atoms. The monoisotopic (exact) mass is 277 g/mol. The predicted molar refractivity (Wildman–Crippen MR) is 76.0 cm³/mol. The summed E-state index contributed by atoms with van der Waals surface area (Å²) in [4.78, 5) is 23.7. The highest BCUT2D eigenvalue weighted by Gasteiger charge is 2.27. The van der Waals surface area contributed by atoms with Crippen LogP contribution in [0.5, 0.6) is 5.75 Å². The number of likely N-dealkylation sites (N-methyl/N-ethyl adjacent to an activating group) is 1. The minimum absolute atomic E-state index is 0.179. The fraction of sp³-hybridized carbons (Fsp3) is 0.429. The van der Waals surface area contributed by atoms with E-state index in [0.717, 1.165) is 0 Å². The van der Waals surface area contributed by atoms with Crippen LogP contribution in [0.3, 0.4) is 0 Å². The number of hydrogen-bond donors (Lipinski definition) is 3. The molecule has 0 saturated heterocycles. The standard InChI is InChI=1S/C14H19N3O3/c1-8(15-3)7-16-14(19)10-5-4-6-11-12(10)20-9(2)13(18)17-11/h4-6,8-9,15H,7H2,1-3H3,(H,16,19)(H,17,18). The van der Waals surface area contributed by atoms with Gasteiger partial charge in [-0.25, -0.2) is 0 Å². The van der Waals surface area contributed by atoms with Crippen molar-refractivity contribution in [2.45, 2.75) is 26.0 Å². The number of hydrogen-bond acceptors (Lipinski definition) is 4. The summed E-state index contributed by atoms with van der Waals surface area (Å²) < 4.78 is 5.54. The zero-order valence-electron chi connectivity index (χ0n) is 11.8. The Hall–Kier alpha value is -2.08. The van der Waals surface area contributed by atoms with Crippen LogP contribution in [0.1, 0.15) is 24.2 Å². The first-order valence-electron chi connectivity index (χ1n) is 6.59.